The Labute approximate surface area is 201 Å². The standard InChI is InChI=1S/C16H20N2O16S2/c19-10-6-8(35(29,30)31)13(23)17(10,27)16(15(25)26,5-3-1-2-4-12(21)22)18(28)11(20)7-9(14(18)24)36(32,33)34/h8-9,27-28H,1-7H2,(H2-2,21,22,25,26,29,30,31,32,33,34)/p+2. The van der Waals surface area contributed by atoms with Crippen molar-refractivity contribution in [2.75, 3.05) is 0 Å². The highest BCUT2D eigenvalue weighted by molar-refractivity contribution is 7.87. The monoisotopic (exact) mass is 562 g/mol. The molecule has 2 aliphatic rings. The van der Waals surface area contributed by atoms with E-state index in [4.69, 9.17) is 5.11 Å². The van der Waals surface area contributed by atoms with Gasteiger partial charge in [0.05, 0.1) is 19.3 Å². The maximum Gasteiger partial charge on any atom is 0.435 e. The number of carboxylic acids is 2. The van der Waals surface area contributed by atoms with Crippen LogP contribution in [0.3, 0.4) is 0 Å². The van der Waals surface area contributed by atoms with E-state index >= 15 is 0 Å². The zero-order valence-corrected chi connectivity index (χ0v) is 19.7. The smallest absolute Gasteiger partial charge is 0.435 e. The second-order valence-electron chi connectivity index (χ2n) is 8.23. The molecule has 0 radical (unpaired) electrons. The lowest BCUT2D eigenvalue weighted by molar-refractivity contribution is -1.18. The molecule has 0 spiro atoms. The molecule has 0 saturated carbocycles. The number of carbonyl (C=O) groups excluding carboxylic acids is 4. The Morgan fingerprint density at radius 2 is 1.17 bits per heavy atom. The average Bonchev–Trinajstić information content (AvgIpc) is 3.10. The van der Waals surface area contributed by atoms with Gasteiger partial charge in [0.25, 0.3) is 20.2 Å². The maximum absolute atomic E-state index is 12.9. The summed E-state index contributed by atoms with van der Waals surface area (Å²) in [5.41, 5.74) is -4.04. The van der Waals surface area contributed by atoms with Crippen LogP contribution in [0, 0.1) is 0 Å². The van der Waals surface area contributed by atoms with E-state index in [0.717, 1.165) is 0 Å². The van der Waals surface area contributed by atoms with Crippen LogP contribution in [0.25, 0.3) is 0 Å². The van der Waals surface area contributed by atoms with Crippen molar-refractivity contribution in [3.8, 4) is 0 Å². The highest BCUT2D eigenvalue weighted by Crippen LogP contribution is 2.47. The predicted molar refractivity (Wildman–Crippen MR) is 105 cm³/mol. The minimum absolute atomic E-state index is 0.174. The molecule has 0 aromatic rings. The summed E-state index contributed by atoms with van der Waals surface area (Å²) in [5.74, 6) is -12.4. The summed E-state index contributed by atoms with van der Waals surface area (Å²) in [4.78, 5) is 74.6. The van der Waals surface area contributed by atoms with Gasteiger partial charge in [-0.15, -0.1) is 0 Å². The van der Waals surface area contributed by atoms with E-state index in [-0.39, 0.29) is 12.8 Å². The molecule has 4 atom stereocenters. The minimum atomic E-state index is -5.48. The van der Waals surface area contributed by atoms with Gasteiger partial charge in [-0.05, 0) is 12.8 Å². The largest absolute Gasteiger partial charge is 0.481 e. The number of carboxylic acid groups (broad SMARTS) is 2. The van der Waals surface area contributed by atoms with Gasteiger partial charge in [-0.25, -0.2) is 24.0 Å². The number of quaternary nitrogens is 2. The van der Waals surface area contributed by atoms with Crippen LogP contribution in [0.5, 0.6) is 0 Å². The molecule has 0 bridgehead atoms. The van der Waals surface area contributed by atoms with E-state index in [9.17, 15) is 70.2 Å². The quantitative estimate of drug-likeness (QED) is 0.0504. The Morgan fingerprint density at radius 3 is 1.44 bits per heavy atom. The molecule has 4 amide bonds. The molecule has 0 aromatic carbocycles. The van der Waals surface area contributed by atoms with Crippen LogP contribution in [0.4, 0.5) is 0 Å². The number of imide groups is 2. The Morgan fingerprint density at radius 1 is 0.778 bits per heavy atom. The summed E-state index contributed by atoms with van der Waals surface area (Å²) in [6, 6.07) is 0. The highest BCUT2D eigenvalue weighted by Gasteiger charge is 2.88. The fourth-order valence-corrected chi connectivity index (χ4v) is 5.92. The van der Waals surface area contributed by atoms with Crippen molar-refractivity contribution in [3.63, 3.8) is 0 Å². The number of likely N-dealkylation sites (tertiary alicyclic amines) is 2. The number of aliphatic carboxylic acids is 2. The molecule has 4 unspecified atom stereocenters. The summed E-state index contributed by atoms with van der Waals surface area (Å²) >= 11 is 0. The second-order valence-corrected chi connectivity index (χ2v) is 11.4. The van der Waals surface area contributed by atoms with Gasteiger partial charge in [-0.3, -0.25) is 13.9 Å². The molecule has 2 fully saturated rings. The van der Waals surface area contributed by atoms with Crippen LogP contribution in [0.1, 0.15) is 44.9 Å². The normalized spacial score (nSPS) is 31.0. The minimum Gasteiger partial charge on any atom is -0.481 e. The third kappa shape index (κ3) is 4.24. The van der Waals surface area contributed by atoms with Crippen LogP contribution in [-0.2, 0) is 49.0 Å². The molecule has 36 heavy (non-hydrogen) atoms. The molecule has 18 nitrogen and oxygen atoms in total. The summed E-state index contributed by atoms with van der Waals surface area (Å²) in [7, 11) is -11.0. The van der Waals surface area contributed by atoms with E-state index in [1.807, 2.05) is 0 Å². The molecular formula is C16H22N2O16S2+2. The van der Waals surface area contributed by atoms with Gasteiger partial charge in [0.1, 0.15) is 0 Å². The first-order valence-electron chi connectivity index (χ1n) is 9.97. The fraction of sp³-hybridized carbons (Fsp3) is 0.625. The number of nitrogens with zero attached hydrogens (tertiary/aromatic N) is 2. The number of amides is 4. The highest BCUT2D eigenvalue weighted by atomic mass is 32.2. The fourth-order valence-electron chi connectivity index (χ4n) is 4.40. The first kappa shape index (κ1) is 29.5. The SMILES string of the molecule is O=C(O)CCCCCC(C(=O)O)([N+]1(O)C(=O)CC(S(=O)(=O)O)C1=O)[N+]1(O)C(=O)CC(S(=O)(=O)O)C1=O. The van der Waals surface area contributed by atoms with Crippen molar-refractivity contribution in [3.05, 3.63) is 0 Å². The predicted octanol–water partition coefficient (Wildman–Crippen LogP) is -2.36. The molecule has 0 aromatic heterocycles. The molecule has 0 aliphatic carbocycles. The zero-order valence-electron chi connectivity index (χ0n) is 18.1. The van der Waals surface area contributed by atoms with Crippen LogP contribution >= 0.6 is 0 Å². The van der Waals surface area contributed by atoms with Crippen molar-refractivity contribution in [2.45, 2.75) is 61.1 Å². The van der Waals surface area contributed by atoms with Gasteiger partial charge < -0.3 is 10.2 Å². The second kappa shape index (κ2) is 9.30. The topological polar surface area (TPSA) is 292 Å². The van der Waals surface area contributed by atoms with Gasteiger partial charge in [0.15, 0.2) is 0 Å². The Balaban J connectivity index is 2.82. The van der Waals surface area contributed by atoms with Gasteiger partial charge in [-0.2, -0.15) is 27.3 Å². The molecule has 6 N–H and O–H groups in total. The zero-order chi connectivity index (χ0) is 28.1. The third-order valence-electron chi connectivity index (χ3n) is 6.18. The molecule has 2 saturated heterocycles. The lowest BCUT2D eigenvalue weighted by atomic mass is 9.95. The summed E-state index contributed by atoms with van der Waals surface area (Å²) in [5, 5.41) is 35.5. The number of carbonyl (C=O) groups is 6. The number of rotatable bonds is 11. The van der Waals surface area contributed by atoms with Crippen LogP contribution in [-0.4, -0.2) is 108 Å². The summed E-state index contributed by atoms with van der Waals surface area (Å²) in [6.45, 7) is 0. The molecule has 202 valence electrons. The number of hydroxylamine groups is 6. The molecule has 20 heteroatoms. The van der Waals surface area contributed by atoms with E-state index in [1.54, 1.807) is 0 Å². The lowest BCUT2D eigenvalue weighted by Crippen LogP contribution is -2.84. The van der Waals surface area contributed by atoms with Gasteiger partial charge in [0.2, 0.25) is 10.5 Å². The van der Waals surface area contributed by atoms with Crippen molar-refractivity contribution in [1.29, 1.82) is 0 Å². The van der Waals surface area contributed by atoms with E-state index in [1.165, 1.54) is 0 Å². The van der Waals surface area contributed by atoms with Crippen LogP contribution < -0.4 is 0 Å². The molecular weight excluding hydrogens is 540 g/mol. The number of unbranched alkanes of at least 4 members (excludes halogenated alkanes) is 2. The molecule has 2 aliphatic heterocycles. The molecule has 2 heterocycles. The van der Waals surface area contributed by atoms with Crippen molar-refractivity contribution in [1.82, 2.24) is 0 Å². The maximum atomic E-state index is 12.9. The summed E-state index contributed by atoms with van der Waals surface area (Å²) < 4.78 is 58.5. The first-order valence-corrected chi connectivity index (χ1v) is 13.0. The first-order chi connectivity index (χ1) is 16.2. The van der Waals surface area contributed by atoms with E-state index in [2.05, 4.69) is 0 Å². The van der Waals surface area contributed by atoms with E-state index < -0.39 is 113 Å². The molecule has 2 rings (SSSR count). The van der Waals surface area contributed by atoms with Gasteiger partial charge >= 0.3 is 41.2 Å². The van der Waals surface area contributed by atoms with Crippen molar-refractivity contribution in [2.24, 2.45) is 0 Å². The lowest BCUT2D eigenvalue weighted by Gasteiger charge is -2.42. The Bertz CT molecular complexity index is 1180. The van der Waals surface area contributed by atoms with Crippen molar-refractivity contribution >= 4 is 55.8 Å². The van der Waals surface area contributed by atoms with Gasteiger partial charge in [0, 0.05) is 15.7 Å². The van der Waals surface area contributed by atoms with Gasteiger partial charge in [-0.1, -0.05) is 6.42 Å². The van der Waals surface area contributed by atoms with Crippen LogP contribution in [0.15, 0.2) is 0 Å². The third-order valence-corrected chi connectivity index (χ3v) is 8.35. The van der Waals surface area contributed by atoms with Crippen LogP contribution in [0.2, 0.25) is 0 Å². The number of hydrogen-bond donors (Lipinski definition) is 6. The summed E-state index contributed by atoms with van der Waals surface area (Å²) in [6.07, 6.45) is -5.97. The van der Waals surface area contributed by atoms with Crippen molar-refractivity contribution < 1.29 is 84.6 Å². The number of hydrogen-bond acceptors (Lipinski definition) is 12. The van der Waals surface area contributed by atoms with E-state index in [0.29, 0.717) is 0 Å². The Hall–Kier alpha value is -2.72. The Kier molecular flexibility index (Phi) is 7.62. The average molecular weight is 562 g/mol.